The van der Waals surface area contributed by atoms with E-state index in [0.717, 1.165) is 18.4 Å². The summed E-state index contributed by atoms with van der Waals surface area (Å²) in [6.45, 7) is 6.26. The van der Waals surface area contributed by atoms with E-state index in [1.165, 1.54) is 12.8 Å². The summed E-state index contributed by atoms with van der Waals surface area (Å²) in [6.07, 6.45) is 6.55. The fourth-order valence-electron chi connectivity index (χ4n) is 1.04. The van der Waals surface area contributed by atoms with Gasteiger partial charge in [-0.3, -0.25) is 0 Å². The molecule has 0 N–H and O–H groups in total. The summed E-state index contributed by atoms with van der Waals surface area (Å²) in [7, 11) is 0. The van der Waals surface area contributed by atoms with E-state index in [0.29, 0.717) is 6.61 Å². The molecular weight excluding hydrogens is 164 g/mol. The van der Waals surface area contributed by atoms with Gasteiger partial charge in [-0.15, -0.1) is 0 Å². The number of esters is 1. The van der Waals surface area contributed by atoms with Gasteiger partial charge in [0.1, 0.15) is 0 Å². The molecule has 2 heteroatoms. The van der Waals surface area contributed by atoms with Crippen LogP contribution in [0.1, 0.15) is 46.5 Å². The number of hydrogen-bond acceptors (Lipinski definition) is 2. The summed E-state index contributed by atoms with van der Waals surface area (Å²) in [5, 5.41) is 0. The third-order valence-corrected chi connectivity index (χ3v) is 1.86. The topological polar surface area (TPSA) is 26.3 Å². The first-order chi connectivity index (χ1) is 6.22. The molecule has 0 spiro atoms. The molecule has 0 fully saturated rings. The van der Waals surface area contributed by atoms with Crippen molar-refractivity contribution in [1.82, 2.24) is 0 Å². The molecule has 0 aliphatic rings. The quantitative estimate of drug-likeness (QED) is 0.360. The summed E-state index contributed by atoms with van der Waals surface area (Å²) in [6, 6.07) is 0. The largest absolute Gasteiger partial charge is 0.463 e. The van der Waals surface area contributed by atoms with Gasteiger partial charge in [0.2, 0.25) is 0 Å². The zero-order valence-corrected chi connectivity index (χ0v) is 8.93. The first-order valence-electron chi connectivity index (χ1n) is 5.06. The second-order valence-corrected chi connectivity index (χ2v) is 3.10. The van der Waals surface area contributed by atoms with E-state index in [4.69, 9.17) is 4.74 Å². The molecular formula is C11H20O2. The van der Waals surface area contributed by atoms with E-state index in [2.05, 4.69) is 6.92 Å². The van der Waals surface area contributed by atoms with Crippen molar-refractivity contribution in [3.05, 3.63) is 11.6 Å². The molecule has 0 rings (SSSR count). The highest BCUT2D eigenvalue weighted by Crippen LogP contribution is 2.04. The molecule has 0 aliphatic heterocycles. The third kappa shape index (κ3) is 6.38. The number of carbonyl (C=O) groups excluding carboxylic acids is 1. The summed E-state index contributed by atoms with van der Waals surface area (Å²) < 4.78 is 4.85. The van der Waals surface area contributed by atoms with Crippen LogP contribution < -0.4 is 0 Å². The van der Waals surface area contributed by atoms with E-state index < -0.39 is 0 Å². The Kier molecular flexibility index (Phi) is 7.36. The van der Waals surface area contributed by atoms with Crippen LogP contribution in [0.25, 0.3) is 0 Å². The zero-order valence-electron chi connectivity index (χ0n) is 8.93. The molecule has 2 nitrogen and oxygen atoms in total. The van der Waals surface area contributed by atoms with Crippen LogP contribution in [0.5, 0.6) is 0 Å². The van der Waals surface area contributed by atoms with Gasteiger partial charge < -0.3 is 4.74 Å². The van der Waals surface area contributed by atoms with E-state index in [1.54, 1.807) is 0 Å². The number of ether oxygens (including phenoxy) is 1. The maximum Gasteiger partial charge on any atom is 0.333 e. The molecule has 0 aromatic heterocycles. The minimum atomic E-state index is -0.181. The lowest BCUT2D eigenvalue weighted by molar-refractivity contribution is -0.138. The fraction of sp³-hybridized carbons (Fsp3) is 0.727. The fourth-order valence-corrected chi connectivity index (χ4v) is 1.04. The van der Waals surface area contributed by atoms with Crippen molar-refractivity contribution < 1.29 is 9.53 Å². The SMILES string of the molecule is CCCCC/C=C(/C)C(=O)OCC. The van der Waals surface area contributed by atoms with Gasteiger partial charge in [-0.05, 0) is 26.7 Å². The van der Waals surface area contributed by atoms with Gasteiger partial charge in [0.05, 0.1) is 6.61 Å². The average Bonchev–Trinajstić information content (AvgIpc) is 2.12. The average molecular weight is 184 g/mol. The summed E-state index contributed by atoms with van der Waals surface area (Å²) in [5.74, 6) is -0.181. The van der Waals surface area contributed by atoms with Gasteiger partial charge in [-0.1, -0.05) is 25.8 Å². The Morgan fingerprint density at radius 2 is 2.00 bits per heavy atom. The van der Waals surface area contributed by atoms with Gasteiger partial charge in [-0.2, -0.15) is 0 Å². The van der Waals surface area contributed by atoms with Gasteiger partial charge >= 0.3 is 5.97 Å². The van der Waals surface area contributed by atoms with Crippen LogP contribution in [-0.2, 0) is 9.53 Å². The first kappa shape index (κ1) is 12.2. The summed E-state index contributed by atoms with van der Waals surface area (Å²) in [4.78, 5) is 11.1. The monoisotopic (exact) mass is 184 g/mol. The number of rotatable bonds is 6. The van der Waals surface area contributed by atoms with Crippen LogP contribution in [0.2, 0.25) is 0 Å². The van der Waals surface area contributed by atoms with E-state index in [-0.39, 0.29) is 5.97 Å². The zero-order chi connectivity index (χ0) is 10.1. The van der Waals surface area contributed by atoms with Gasteiger partial charge in [0, 0.05) is 5.57 Å². The van der Waals surface area contributed by atoms with Crippen molar-refractivity contribution in [2.75, 3.05) is 6.61 Å². The highest BCUT2D eigenvalue weighted by molar-refractivity contribution is 5.87. The minimum absolute atomic E-state index is 0.181. The molecule has 0 aromatic rings. The van der Waals surface area contributed by atoms with Crippen molar-refractivity contribution in [3.63, 3.8) is 0 Å². The lowest BCUT2D eigenvalue weighted by atomic mass is 10.1. The maximum absolute atomic E-state index is 11.1. The predicted octanol–water partition coefficient (Wildman–Crippen LogP) is 3.08. The smallest absolute Gasteiger partial charge is 0.333 e. The molecule has 0 bridgehead atoms. The molecule has 0 aromatic carbocycles. The second kappa shape index (κ2) is 7.84. The molecule has 0 atom stereocenters. The van der Waals surface area contributed by atoms with Crippen LogP contribution >= 0.6 is 0 Å². The normalized spacial score (nSPS) is 11.5. The van der Waals surface area contributed by atoms with Gasteiger partial charge in [-0.25, -0.2) is 4.79 Å². The van der Waals surface area contributed by atoms with Crippen LogP contribution in [0.3, 0.4) is 0 Å². The van der Waals surface area contributed by atoms with Crippen LogP contribution in [0, 0.1) is 0 Å². The lowest BCUT2D eigenvalue weighted by Gasteiger charge is -2.00. The Morgan fingerprint density at radius 1 is 1.31 bits per heavy atom. The Bertz CT molecular complexity index is 171. The van der Waals surface area contributed by atoms with E-state index in [1.807, 2.05) is 19.9 Å². The number of hydrogen-bond donors (Lipinski definition) is 0. The van der Waals surface area contributed by atoms with Crippen molar-refractivity contribution in [2.45, 2.75) is 46.5 Å². The molecule has 0 saturated carbocycles. The van der Waals surface area contributed by atoms with Crippen molar-refractivity contribution in [2.24, 2.45) is 0 Å². The highest BCUT2D eigenvalue weighted by atomic mass is 16.5. The van der Waals surface area contributed by atoms with Gasteiger partial charge in [0.25, 0.3) is 0 Å². The molecule has 76 valence electrons. The lowest BCUT2D eigenvalue weighted by Crippen LogP contribution is -2.04. The van der Waals surface area contributed by atoms with E-state index >= 15 is 0 Å². The molecule has 0 radical (unpaired) electrons. The molecule has 0 amide bonds. The number of unbranched alkanes of at least 4 members (excludes halogenated alkanes) is 3. The van der Waals surface area contributed by atoms with Crippen molar-refractivity contribution >= 4 is 5.97 Å². The standard InChI is InChI=1S/C11H20O2/c1-4-6-7-8-9-10(3)11(12)13-5-2/h9H,4-8H2,1-3H3/b10-9-. The van der Waals surface area contributed by atoms with Gasteiger partial charge in [0.15, 0.2) is 0 Å². The van der Waals surface area contributed by atoms with E-state index in [9.17, 15) is 4.79 Å². The molecule has 0 heterocycles. The third-order valence-electron chi connectivity index (χ3n) is 1.86. The van der Waals surface area contributed by atoms with Crippen molar-refractivity contribution in [3.8, 4) is 0 Å². The first-order valence-corrected chi connectivity index (χ1v) is 5.06. The predicted molar refractivity (Wildman–Crippen MR) is 54.5 cm³/mol. The highest BCUT2D eigenvalue weighted by Gasteiger charge is 2.02. The van der Waals surface area contributed by atoms with Crippen LogP contribution in [-0.4, -0.2) is 12.6 Å². The number of allylic oxidation sites excluding steroid dienone is 1. The molecule has 0 unspecified atom stereocenters. The second-order valence-electron chi connectivity index (χ2n) is 3.10. The Labute approximate surface area is 81.0 Å². The molecule has 13 heavy (non-hydrogen) atoms. The molecule has 0 saturated heterocycles. The maximum atomic E-state index is 11.1. The Balaban J connectivity index is 3.67. The van der Waals surface area contributed by atoms with Crippen LogP contribution in [0.4, 0.5) is 0 Å². The number of carbonyl (C=O) groups is 1. The van der Waals surface area contributed by atoms with Crippen LogP contribution in [0.15, 0.2) is 11.6 Å². The summed E-state index contributed by atoms with van der Waals surface area (Å²) >= 11 is 0. The minimum Gasteiger partial charge on any atom is -0.463 e. The molecule has 0 aliphatic carbocycles. The summed E-state index contributed by atoms with van der Waals surface area (Å²) in [5.41, 5.74) is 0.734. The van der Waals surface area contributed by atoms with Crippen molar-refractivity contribution in [1.29, 1.82) is 0 Å². The Morgan fingerprint density at radius 3 is 2.54 bits per heavy atom. The Hall–Kier alpha value is -0.790.